The normalized spacial score (nSPS) is 15.2. The minimum absolute atomic E-state index is 0.177. The Balaban J connectivity index is 4.92. The molecule has 0 aliphatic carbocycles. The summed E-state index contributed by atoms with van der Waals surface area (Å²) in [5, 5.41) is 0. The maximum atomic E-state index is 12.7. The van der Waals surface area contributed by atoms with Gasteiger partial charge in [0.15, 0.2) is 0 Å². The monoisotopic (exact) mass is 622 g/mol. The number of rotatable bonds is 4. The van der Waals surface area contributed by atoms with Crippen LogP contribution in [0.15, 0.2) is 0 Å². The summed E-state index contributed by atoms with van der Waals surface area (Å²) >= 11 is -0.177. The van der Waals surface area contributed by atoms with Gasteiger partial charge in [-0.25, -0.2) is 0 Å². The summed E-state index contributed by atoms with van der Waals surface area (Å²) < 4.78 is 102. The van der Waals surface area contributed by atoms with E-state index in [1.165, 1.54) is 0 Å². The van der Waals surface area contributed by atoms with E-state index < -0.39 is 35.8 Å². The molecule has 0 saturated heterocycles. The molecule has 107 valence electrons. The molecule has 0 radical (unpaired) electrons. The average Bonchev–Trinajstić information content (AvgIpc) is 1.98. The van der Waals surface area contributed by atoms with Crippen LogP contribution in [0, 0.1) is 0 Å². The van der Waals surface area contributed by atoms with Crippen LogP contribution in [-0.4, -0.2) is 28.9 Å². The maximum absolute atomic E-state index is 12.7. The van der Waals surface area contributed by atoms with E-state index in [1.54, 1.807) is 0 Å². The molecule has 0 atom stereocenters. The third-order valence-corrected chi connectivity index (χ3v) is 4.91. The molecule has 0 aromatic heterocycles. The summed E-state index contributed by atoms with van der Waals surface area (Å²) in [6.07, 6.45) is -4.76. The number of hydrogen-bond donors (Lipinski definition) is 0. The molecule has 0 saturated carbocycles. The van der Waals surface area contributed by atoms with Crippen LogP contribution >= 0.6 is 22.6 Å². The van der Waals surface area contributed by atoms with Gasteiger partial charge in [0.25, 0.3) is 0 Å². The van der Waals surface area contributed by atoms with E-state index in [9.17, 15) is 39.5 Å². The molecule has 0 aromatic rings. The van der Waals surface area contributed by atoms with E-state index in [-0.39, 0.29) is 22.6 Å². The molecule has 0 amide bonds. The molecule has 0 spiro atoms. The topological polar surface area (TPSA) is 0 Å². The second-order valence-corrected chi connectivity index (χ2v) is 6.76. The summed E-state index contributed by atoms with van der Waals surface area (Å²) in [6, 6.07) is 0. The van der Waals surface area contributed by atoms with Crippen molar-refractivity contribution in [2.75, 3.05) is 0 Å². The summed E-state index contributed by atoms with van der Waals surface area (Å²) in [4.78, 5) is 0. The van der Waals surface area contributed by atoms with E-state index >= 15 is 0 Å². The van der Waals surface area contributed by atoms with E-state index in [1.807, 2.05) is 0 Å². The van der Waals surface area contributed by atoms with Crippen LogP contribution < -0.4 is 0 Å². The Kier molecular flexibility index (Phi) is 4.07. The van der Waals surface area contributed by atoms with E-state index in [0.29, 0.717) is 0 Å². The first-order valence-corrected chi connectivity index (χ1v) is 7.90. The quantitative estimate of drug-likeness (QED) is 0.251. The van der Waals surface area contributed by atoms with E-state index in [0.717, 1.165) is 0 Å². The van der Waals surface area contributed by atoms with Crippen molar-refractivity contribution >= 4 is 29.5 Å². The Morgan fingerprint density at radius 2 is 1.29 bits per heavy atom. The third-order valence-electron chi connectivity index (χ3n) is 1.15. The molecule has 11 heteroatoms. The SMILES string of the molecule is FC(F)(F)[CH2][Cf]=[CH]C(F)(F)C(F)(F)C(F)(F)I. The first-order chi connectivity index (χ1) is 7.21. The number of hydrogen-bond acceptors (Lipinski definition) is 0. The average molecular weight is 624 g/mol. The number of alkyl halides is 10. The molecule has 0 nitrogen and oxygen atoms in total. The standard InChI is InChI=1S/C4HF6I.C2H2F3.Cf/c1-2(5,6)3(7,8)4(9,10)11;1-2(3,4)5;/h1H;1H2;. The second-order valence-electron chi connectivity index (χ2n) is 2.64. The van der Waals surface area contributed by atoms with Gasteiger partial charge in [-0.3, -0.25) is 0 Å². The van der Waals surface area contributed by atoms with Gasteiger partial charge in [0.1, 0.15) is 0 Å². The van der Waals surface area contributed by atoms with Crippen molar-refractivity contribution in [2.24, 2.45) is 0 Å². The Morgan fingerprint density at radius 3 is 1.59 bits per heavy atom. The zero-order valence-electron chi connectivity index (χ0n) is 7.38. The molecule has 0 aromatic carbocycles. The first-order valence-electron chi connectivity index (χ1n) is 3.44. The fourth-order valence-corrected chi connectivity index (χ4v) is 2.82. The summed E-state index contributed by atoms with van der Waals surface area (Å²) in [6.45, 7) is -2.23. The Labute approximate surface area is 98.3 Å². The molecule has 0 N–H and O–H groups in total. The van der Waals surface area contributed by atoms with Crippen molar-refractivity contribution in [1.29, 1.82) is 0 Å². The molecule has 0 bridgehead atoms. The molecular weight excluding hydrogens is 621 g/mol. The van der Waals surface area contributed by atoms with Crippen molar-refractivity contribution in [3.8, 4) is 0 Å². The van der Waals surface area contributed by atoms with Crippen molar-refractivity contribution in [3.05, 3.63) is 0 Å². The molecule has 0 fully saturated rings. The Bertz CT molecular complexity index is 289. The summed E-state index contributed by atoms with van der Waals surface area (Å²) in [5.41, 5.74) is 0. The summed E-state index contributed by atoms with van der Waals surface area (Å²) in [5.74, 6) is -11.0. The van der Waals surface area contributed by atoms with Crippen LogP contribution in [0.25, 0.3) is 0 Å². The van der Waals surface area contributed by atoms with Gasteiger partial charge < -0.3 is 0 Å². The predicted molar refractivity (Wildman–Crippen MR) is 45.8 cm³/mol. The Hall–Kier alpha value is -1.03. The fourth-order valence-electron chi connectivity index (χ4n) is 0.433. The molecule has 0 rings (SSSR count). The van der Waals surface area contributed by atoms with Crippen LogP contribution in [0.4, 0.5) is 39.5 Å². The van der Waals surface area contributed by atoms with Crippen LogP contribution in [0.3, 0.4) is 0 Å². The minimum atomic E-state index is -5.71. The van der Waals surface area contributed by atoms with Gasteiger partial charge in [0, 0.05) is 0 Å². The molecule has 0 aliphatic rings. The van der Waals surface area contributed by atoms with Crippen LogP contribution in [-0.2, 0) is 0 Å². The molecular formula is C6H3CfF9I. The Morgan fingerprint density at radius 1 is 0.882 bits per heavy atom. The molecule has 0 heterocycles. The number of halogens is 10. The second kappa shape index (κ2) is 4.33. The zero-order chi connectivity index (χ0) is 14.1. The van der Waals surface area contributed by atoms with Crippen molar-refractivity contribution in [2.45, 2.75) is 28.9 Å². The van der Waals surface area contributed by atoms with Gasteiger partial charge in [-0.1, -0.05) is 0 Å². The molecule has 0 unspecified atom stereocenters. The molecule has 17 heavy (non-hydrogen) atoms. The van der Waals surface area contributed by atoms with Gasteiger partial charge in [-0.05, 0) is 0 Å². The van der Waals surface area contributed by atoms with Crippen LogP contribution in [0.1, 0.15) is 0 Å². The predicted octanol–water partition coefficient (Wildman–Crippen LogP) is 4.15. The fraction of sp³-hybridized carbons (Fsp3) is 0.833. The van der Waals surface area contributed by atoms with Crippen molar-refractivity contribution in [3.63, 3.8) is 0 Å². The van der Waals surface area contributed by atoms with Gasteiger partial charge >= 0.3 is 97.9 Å². The van der Waals surface area contributed by atoms with E-state index in [2.05, 4.69) is 0 Å². The molecule has 0 aliphatic heterocycles. The van der Waals surface area contributed by atoms with Crippen LogP contribution in [0.2, 0.25) is 6.92 Å². The van der Waals surface area contributed by atoms with E-state index in [4.69, 9.17) is 0 Å². The van der Waals surface area contributed by atoms with Gasteiger partial charge in [0.2, 0.25) is 0 Å². The van der Waals surface area contributed by atoms with Crippen molar-refractivity contribution < 1.29 is 39.5 Å². The van der Waals surface area contributed by atoms with Crippen molar-refractivity contribution in [1.82, 2.24) is 0 Å². The van der Waals surface area contributed by atoms with Gasteiger partial charge in [-0.2, -0.15) is 0 Å². The van der Waals surface area contributed by atoms with Crippen LogP contribution in [0.5, 0.6) is 0 Å². The zero-order valence-corrected chi connectivity index (χ0v) is 12.2. The first kappa shape index (κ1) is 16.0. The van der Waals surface area contributed by atoms with Gasteiger partial charge in [-0.15, -0.1) is 0 Å². The van der Waals surface area contributed by atoms with Gasteiger partial charge in [0.05, 0.1) is 0 Å². The third kappa shape index (κ3) is 4.04. The summed E-state index contributed by atoms with van der Waals surface area (Å²) in [7, 11) is 0.